The molecular weight excluding hydrogens is 510 g/mol. The Labute approximate surface area is 220 Å². The van der Waals surface area contributed by atoms with E-state index in [9.17, 15) is 24.6 Å². The second-order valence-electron chi connectivity index (χ2n) is 8.77. The molecule has 39 heavy (non-hydrogen) atoms. The molecule has 1 aliphatic rings. The number of phenols is 2. The lowest BCUT2D eigenvalue weighted by atomic mass is 9.85. The summed E-state index contributed by atoms with van der Waals surface area (Å²) >= 11 is 0. The Hall–Kier alpha value is -5.19. The largest absolute Gasteiger partial charge is 0.507 e. The third-order valence-electron chi connectivity index (χ3n) is 6.35. The molecule has 1 amide bonds. The van der Waals surface area contributed by atoms with Gasteiger partial charge in [-0.1, -0.05) is 6.07 Å². The molecule has 5 rings (SSSR count). The van der Waals surface area contributed by atoms with Crippen LogP contribution in [-0.2, 0) is 9.59 Å². The standard InChI is InChI=1S/C28H23NO10/c1-35-19-5-4-14(7-16(19)30)21-10-17(31)27-18(32)11-23-26(28(27)39-21)15(9-25(34)38-23)13-3-6-20(36-2)22(8-13)37-12-24(29)33/h3-8,10-11,15,30,32H,9,12H2,1-2H3,(H2,29,33)/t15-/m1/s1. The Kier molecular flexibility index (Phi) is 6.48. The van der Waals surface area contributed by atoms with Crippen molar-refractivity contribution < 1.29 is 43.2 Å². The topological polar surface area (TPSA) is 168 Å². The zero-order chi connectivity index (χ0) is 27.8. The minimum atomic E-state index is -0.686. The number of nitrogens with two attached hydrogens (primary N) is 1. The van der Waals surface area contributed by atoms with Crippen molar-refractivity contribution in [1.29, 1.82) is 0 Å². The Morgan fingerprint density at radius 2 is 1.72 bits per heavy atom. The molecule has 2 heterocycles. The number of rotatable bonds is 7. The molecule has 0 bridgehead atoms. The molecular formula is C28H23NO10. The number of carbonyl (C=O) groups is 2. The second kappa shape index (κ2) is 9.93. The first kappa shape index (κ1) is 25.5. The third kappa shape index (κ3) is 4.65. The molecule has 0 saturated carbocycles. The predicted octanol–water partition coefficient (Wildman–Crippen LogP) is 3.19. The molecule has 0 saturated heterocycles. The molecule has 11 nitrogen and oxygen atoms in total. The summed E-state index contributed by atoms with van der Waals surface area (Å²) in [5.74, 6) is -1.61. The van der Waals surface area contributed by atoms with Crippen LogP contribution < -0.4 is 30.1 Å². The molecule has 0 aliphatic carbocycles. The second-order valence-corrected chi connectivity index (χ2v) is 8.77. The highest BCUT2D eigenvalue weighted by Crippen LogP contribution is 2.47. The maximum Gasteiger partial charge on any atom is 0.312 e. The van der Waals surface area contributed by atoms with Gasteiger partial charge >= 0.3 is 5.97 Å². The van der Waals surface area contributed by atoms with Gasteiger partial charge in [-0.15, -0.1) is 0 Å². The quantitative estimate of drug-likeness (QED) is 0.237. The number of primary amides is 1. The Morgan fingerprint density at radius 1 is 0.974 bits per heavy atom. The highest BCUT2D eigenvalue weighted by molar-refractivity contribution is 5.93. The van der Waals surface area contributed by atoms with Crippen LogP contribution in [0.2, 0.25) is 0 Å². The van der Waals surface area contributed by atoms with Crippen molar-refractivity contribution in [3.05, 3.63) is 69.9 Å². The maximum atomic E-state index is 13.2. The van der Waals surface area contributed by atoms with E-state index in [2.05, 4.69) is 0 Å². The van der Waals surface area contributed by atoms with Gasteiger partial charge in [-0.25, -0.2) is 0 Å². The van der Waals surface area contributed by atoms with Gasteiger partial charge in [0, 0.05) is 29.2 Å². The van der Waals surface area contributed by atoms with E-state index in [4.69, 9.17) is 29.1 Å². The molecule has 0 radical (unpaired) electrons. The fraction of sp³-hybridized carbons (Fsp3) is 0.179. The molecule has 1 atom stereocenters. The van der Waals surface area contributed by atoms with Crippen molar-refractivity contribution in [2.24, 2.45) is 5.73 Å². The number of phenolic OH excluding ortho intramolecular Hbond substituents is 2. The molecule has 3 aromatic carbocycles. The highest BCUT2D eigenvalue weighted by atomic mass is 16.5. The number of benzene rings is 3. The van der Waals surface area contributed by atoms with Gasteiger partial charge < -0.3 is 39.3 Å². The zero-order valence-electron chi connectivity index (χ0n) is 20.8. The zero-order valence-corrected chi connectivity index (χ0v) is 20.8. The molecule has 0 fully saturated rings. The van der Waals surface area contributed by atoms with E-state index in [1.807, 2.05) is 0 Å². The molecule has 1 aliphatic heterocycles. The van der Waals surface area contributed by atoms with Crippen molar-refractivity contribution in [3.63, 3.8) is 0 Å². The molecule has 4 N–H and O–H groups in total. The van der Waals surface area contributed by atoms with Gasteiger partial charge in [0.1, 0.15) is 28.2 Å². The highest BCUT2D eigenvalue weighted by Gasteiger charge is 2.34. The van der Waals surface area contributed by atoms with Crippen LogP contribution in [0.25, 0.3) is 22.3 Å². The van der Waals surface area contributed by atoms with Crippen LogP contribution in [0, 0.1) is 0 Å². The smallest absolute Gasteiger partial charge is 0.312 e. The van der Waals surface area contributed by atoms with Gasteiger partial charge in [-0.05, 0) is 35.9 Å². The normalized spacial score (nSPS) is 14.4. The van der Waals surface area contributed by atoms with E-state index < -0.39 is 35.6 Å². The van der Waals surface area contributed by atoms with Crippen LogP contribution in [-0.4, -0.2) is 42.9 Å². The fourth-order valence-corrected chi connectivity index (χ4v) is 4.60. The number of amides is 1. The lowest BCUT2D eigenvalue weighted by molar-refractivity contribution is -0.135. The summed E-state index contributed by atoms with van der Waals surface area (Å²) < 4.78 is 27.5. The third-order valence-corrected chi connectivity index (χ3v) is 6.35. The van der Waals surface area contributed by atoms with Gasteiger partial charge in [0.05, 0.1) is 20.6 Å². The minimum Gasteiger partial charge on any atom is -0.507 e. The Bertz CT molecular complexity index is 1690. The summed E-state index contributed by atoms with van der Waals surface area (Å²) in [6, 6.07) is 11.8. The number of methoxy groups -OCH3 is 2. The number of aromatic hydroxyl groups is 2. The van der Waals surface area contributed by atoms with Crippen molar-refractivity contribution in [2.75, 3.05) is 20.8 Å². The monoisotopic (exact) mass is 533 g/mol. The van der Waals surface area contributed by atoms with E-state index in [1.54, 1.807) is 24.3 Å². The number of carbonyl (C=O) groups excluding carboxylic acids is 2. The summed E-state index contributed by atoms with van der Waals surface area (Å²) in [5.41, 5.74) is 5.98. The molecule has 11 heteroatoms. The van der Waals surface area contributed by atoms with Crippen molar-refractivity contribution in [3.8, 4) is 45.8 Å². The van der Waals surface area contributed by atoms with Crippen LogP contribution in [0.4, 0.5) is 0 Å². The van der Waals surface area contributed by atoms with Crippen LogP contribution in [0.5, 0.6) is 34.5 Å². The van der Waals surface area contributed by atoms with Crippen molar-refractivity contribution >= 4 is 22.8 Å². The molecule has 0 spiro atoms. The van der Waals surface area contributed by atoms with E-state index in [0.717, 1.165) is 0 Å². The number of hydrogen-bond donors (Lipinski definition) is 3. The average molecular weight is 533 g/mol. The summed E-state index contributed by atoms with van der Waals surface area (Å²) in [6.45, 7) is -0.396. The van der Waals surface area contributed by atoms with Crippen LogP contribution in [0.1, 0.15) is 23.5 Å². The van der Waals surface area contributed by atoms with Gasteiger partial charge in [-0.3, -0.25) is 14.4 Å². The lowest BCUT2D eigenvalue weighted by Gasteiger charge is -2.26. The van der Waals surface area contributed by atoms with Crippen molar-refractivity contribution in [2.45, 2.75) is 12.3 Å². The van der Waals surface area contributed by atoms with Gasteiger partial charge in [0.15, 0.2) is 35.0 Å². The Balaban J connectivity index is 1.73. The van der Waals surface area contributed by atoms with E-state index in [1.165, 1.54) is 38.5 Å². The number of esters is 1. The fourth-order valence-electron chi connectivity index (χ4n) is 4.60. The number of ether oxygens (including phenoxy) is 4. The molecule has 200 valence electrons. The van der Waals surface area contributed by atoms with Crippen molar-refractivity contribution in [1.82, 2.24) is 0 Å². The SMILES string of the molecule is COc1ccc(-c2cc(=O)c3c(O)cc4c(c3o2)[C@@H](c2ccc(OC)c(OCC(N)=O)c2)CC(=O)O4)cc1O. The summed E-state index contributed by atoms with van der Waals surface area (Å²) in [4.78, 5) is 37.1. The first-order valence-electron chi connectivity index (χ1n) is 11.7. The van der Waals surface area contributed by atoms with E-state index in [0.29, 0.717) is 22.4 Å². The molecule has 0 unspecified atom stereocenters. The van der Waals surface area contributed by atoms with Crippen LogP contribution in [0.3, 0.4) is 0 Å². The molecule has 4 aromatic rings. The summed E-state index contributed by atoms with van der Waals surface area (Å²) in [6.07, 6.45) is -0.119. The van der Waals surface area contributed by atoms with Gasteiger partial charge in [-0.2, -0.15) is 0 Å². The summed E-state index contributed by atoms with van der Waals surface area (Å²) in [7, 11) is 2.84. The Morgan fingerprint density at radius 3 is 2.41 bits per heavy atom. The summed E-state index contributed by atoms with van der Waals surface area (Å²) in [5, 5.41) is 20.8. The number of fused-ring (bicyclic) bond motifs is 3. The van der Waals surface area contributed by atoms with E-state index in [-0.39, 0.29) is 46.1 Å². The average Bonchev–Trinajstić information content (AvgIpc) is 2.90. The first-order valence-corrected chi connectivity index (χ1v) is 11.7. The lowest BCUT2D eigenvalue weighted by Crippen LogP contribution is -2.22. The van der Waals surface area contributed by atoms with E-state index >= 15 is 0 Å². The number of hydrogen-bond acceptors (Lipinski definition) is 10. The maximum absolute atomic E-state index is 13.2. The first-order chi connectivity index (χ1) is 18.7. The minimum absolute atomic E-state index is 0.00994. The van der Waals surface area contributed by atoms with Crippen LogP contribution in [0.15, 0.2) is 57.7 Å². The molecule has 1 aromatic heterocycles. The van der Waals surface area contributed by atoms with Gasteiger partial charge in [0.25, 0.3) is 5.91 Å². The van der Waals surface area contributed by atoms with Gasteiger partial charge in [0.2, 0.25) is 0 Å². The predicted molar refractivity (Wildman–Crippen MR) is 138 cm³/mol. The van der Waals surface area contributed by atoms with Crippen LogP contribution >= 0.6 is 0 Å².